The van der Waals surface area contributed by atoms with Crippen LogP contribution in [0, 0.1) is 12.3 Å². The van der Waals surface area contributed by atoms with E-state index in [4.69, 9.17) is 12.2 Å². The Bertz CT molecular complexity index is 118. The van der Waals surface area contributed by atoms with Crippen LogP contribution in [-0.2, 0) is 0 Å². The SMILES string of the molecule is C#CCCSCC(C)(C)N. The summed E-state index contributed by atoms with van der Waals surface area (Å²) in [5.74, 6) is 4.60. The van der Waals surface area contributed by atoms with Gasteiger partial charge >= 0.3 is 0 Å². The van der Waals surface area contributed by atoms with E-state index in [1.54, 1.807) is 0 Å². The Morgan fingerprint density at radius 2 is 2.20 bits per heavy atom. The Morgan fingerprint density at radius 1 is 1.60 bits per heavy atom. The molecular weight excluding hydrogens is 142 g/mol. The van der Waals surface area contributed by atoms with Gasteiger partial charge in [-0.2, -0.15) is 11.8 Å². The van der Waals surface area contributed by atoms with E-state index in [2.05, 4.69) is 5.92 Å². The zero-order valence-electron chi connectivity index (χ0n) is 6.68. The predicted octanol–water partition coefficient (Wildman–Crippen LogP) is 1.48. The molecule has 1 nitrogen and oxygen atoms in total. The van der Waals surface area contributed by atoms with Gasteiger partial charge in [0.25, 0.3) is 0 Å². The molecular formula is C8H15NS. The zero-order valence-corrected chi connectivity index (χ0v) is 7.50. The van der Waals surface area contributed by atoms with Gasteiger partial charge in [-0.05, 0) is 13.8 Å². The molecule has 0 aliphatic carbocycles. The topological polar surface area (TPSA) is 26.0 Å². The zero-order chi connectivity index (χ0) is 8.04. The molecule has 0 aliphatic heterocycles. The summed E-state index contributed by atoms with van der Waals surface area (Å²) in [6.45, 7) is 4.05. The Balaban J connectivity index is 3.14. The van der Waals surface area contributed by atoms with Crippen molar-refractivity contribution in [3.05, 3.63) is 0 Å². The first-order valence-corrected chi connectivity index (χ1v) is 4.52. The highest BCUT2D eigenvalue weighted by Gasteiger charge is 2.08. The molecule has 0 saturated carbocycles. The molecule has 0 unspecified atom stereocenters. The molecule has 0 aromatic heterocycles. The molecule has 0 fully saturated rings. The van der Waals surface area contributed by atoms with E-state index in [9.17, 15) is 0 Å². The molecule has 2 N–H and O–H groups in total. The maximum atomic E-state index is 5.75. The average Bonchev–Trinajstić information content (AvgIpc) is 1.78. The highest BCUT2D eigenvalue weighted by molar-refractivity contribution is 7.99. The van der Waals surface area contributed by atoms with E-state index in [-0.39, 0.29) is 5.54 Å². The van der Waals surface area contributed by atoms with Gasteiger partial charge < -0.3 is 5.73 Å². The lowest BCUT2D eigenvalue weighted by molar-refractivity contribution is 0.591. The van der Waals surface area contributed by atoms with Crippen molar-refractivity contribution >= 4 is 11.8 Å². The van der Waals surface area contributed by atoms with Crippen molar-refractivity contribution in [3.8, 4) is 12.3 Å². The van der Waals surface area contributed by atoms with E-state index in [1.165, 1.54) is 0 Å². The normalized spacial score (nSPS) is 11.0. The van der Waals surface area contributed by atoms with Gasteiger partial charge in [0.2, 0.25) is 0 Å². The van der Waals surface area contributed by atoms with Crippen molar-refractivity contribution in [1.82, 2.24) is 0 Å². The Kier molecular flexibility index (Phi) is 4.59. The summed E-state index contributed by atoms with van der Waals surface area (Å²) in [4.78, 5) is 0. The fraction of sp³-hybridized carbons (Fsp3) is 0.750. The minimum atomic E-state index is -0.0563. The quantitative estimate of drug-likeness (QED) is 0.494. The molecule has 2 heteroatoms. The Labute approximate surface area is 67.8 Å². The summed E-state index contributed by atoms with van der Waals surface area (Å²) in [5, 5.41) is 0. The second-order valence-electron chi connectivity index (χ2n) is 3.00. The van der Waals surface area contributed by atoms with Crippen molar-refractivity contribution in [1.29, 1.82) is 0 Å². The van der Waals surface area contributed by atoms with Gasteiger partial charge in [-0.3, -0.25) is 0 Å². The summed E-state index contributed by atoms with van der Waals surface area (Å²) >= 11 is 1.82. The number of hydrogen-bond acceptors (Lipinski definition) is 2. The minimum Gasteiger partial charge on any atom is -0.325 e. The van der Waals surface area contributed by atoms with Crippen molar-refractivity contribution in [2.45, 2.75) is 25.8 Å². The van der Waals surface area contributed by atoms with Crippen molar-refractivity contribution in [3.63, 3.8) is 0 Å². The second kappa shape index (κ2) is 4.65. The predicted molar refractivity (Wildman–Crippen MR) is 49.0 cm³/mol. The number of rotatable bonds is 4. The Morgan fingerprint density at radius 3 is 2.60 bits per heavy atom. The minimum absolute atomic E-state index is 0.0563. The summed E-state index contributed by atoms with van der Waals surface area (Å²) in [6, 6.07) is 0. The van der Waals surface area contributed by atoms with Gasteiger partial charge in [-0.15, -0.1) is 12.3 Å². The fourth-order valence-electron chi connectivity index (χ4n) is 0.466. The van der Waals surface area contributed by atoms with E-state index in [0.29, 0.717) is 0 Å². The monoisotopic (exact) mass is 157 g/mol. The third-order valence-corrected chi connectivity index (χ3v) is 2.31. The van der Waals surface area contributed by atoms with Crippen molar-refractivity contribution in [2.75, 3.05) is 11.5 Å². The molecule has 0 saturated heterocycles. The van der Waals surface area contributed by atoms with Gasteiger partial charge in [-0.1, -0.05) is 0 Å². The molecule has 0 atom stereocenters. The first-order valence-electron chi connectivity index (χ1n) is 3.36. The lowest BCUT2D eigenvalue weighted by Crippen LogP contribution is -2.34. The molecule has 0 radical (unpaired) electrons. The van der Waals surface area contributed by atoms with Crippen LogP contribution in [0.2, 0.25) is 0 Å². The van der Waals surface area contributed by atoms with Crippen LogP contribution in [0.5, 0.6) is 0 Å². The number of terminal acetylenes is 1. The van der Waals surface area contributed by atoms with Crippen LogP contribution in [0.4, 0.5) is 0 Å². The summed E-state index contributed by atoms with van der Waals surface area (Å²) in [6.07, 6.45) is 5.93. The van der Waals surface area contributed by atoms with Crippen LogP contribution in [0.25, 0.3) is 0 Å². The smallest absolute Gasteiger partial charge is 0.0188 e. The van der Waals surface area contributed by atoms with Gasteiger partial charge in [0.05, 0.1) is 0 Å². The molecule has 0 spiro atoms. The molecule has 0 aromatic rings. The van der Waals surface area contributed by atoms with Crippen molar-refractivity contribution in [2.24, 2.45) is 5.73 Å². The molecule has 0 aliphatic rings. The first-order chi connectivity index (χ1) is 4.56. The third kappa shape index (κ3) is 7.87. The molecule has 0 amide bonds. The number of hydrogen-bond donors (Lipinski definition) is 1. The van der Waals surface area contributed by atoms with Crippen LogP contribution in [-0.4, -0.2) is 17.0 Å². The molecule has 0 heterocycles. The van der Waals surface area contributed by atoms with E-state index < -0.39 is 0 Å². The molecule has 58 valence electrons. The second-order valence-corrected chi connectivity index (χ2v) is 4.10. The van der Waals surface area contributed by atoms with Gasteiger partial charge in [0.1, 0.15) is 0 Å². The number of thioether (sulfide) groups is 1. The van der Waals surface area contributed by atoms with Crippen LogP contribution in [0.1, 0.15) is 20.3 Å². The summed E-state index contributed by atoms with van der Waals surface area (Å²) in [5.41, 5.74) is 5.69. The largest absolute Gasteiger partial charge is 0.325 e. The standard InChI is InChI=1S/C8H15NS/c1-4-5-6-10-7-8(2,3)9/h1H,5-7,9H2,2-3H3. The first kappa shape index (κ1) is 9.87. The number of nitrogens with two attached hydrogens (primary N) is 1. The van der Waals surface area contributed by atoms with E-state index in [0.717, 1.165) is 17.9 Å². The molecule has 0 bridgehead atoms. The van der Waals surface area contributed by atoms with Gasteiger partial charge in [0, 0.05) is 23.5 Å². The van der Waals surface area contributed by atoms with Crippen molar-refractivity contribution < 1.29 is 0 Å². The maximum absolute atomic E-state index is 5.75. The lowest BCUT2D eigenvalue weighted by Gasteiger charge is -2.16. The molecule has 0 aromatic carbocycles. The van der Waals surface area contributed by atoms with Crippen LogP contribution >= 0.6 is 11.8 Å². The van der Waals surface area contributed by atoms with E-state index >= 15 is 0 Å². The molecule has 0 rings (SSSR count). The summed E-state index contributed by atoms with van der Waals surface area (Å²) < 4.78 is 0. The van der Waals surface area contributed by atoms with Gasteiger partial charge in [-0.25, -0.2) is 0 Å². The maximum Gasteiger partial charge on any atom is 0.0188 e. The lowest BCUT2D eigenvalue weighted by atomic mass is 10.1. The molecule has 10 heavy (non-hydrogen) atoms. The Hall–Kier alpha value is -0.130. The van der Waals surface area contributed by atoms with E-state index in [1.807, 2.05) is 25.6 Å². The highest BCUT2D eigenvalue weighted by atomic mass is 32.2. The van der Waals surface area contributed by atoms with Crippen LogP contribution in [0.3, 0.4) is 0 Å². The van der Waals surface area contributed by atoms with Crippen LogP contribution in [0.15, 0.2) is 0 Å². The fourth-order valence-corrected chi connectivity index (χ4v) is 1.40. The highest BCUT2D eigenvalue weighted by Crippen LogP contribution is 2.09. The third-order valence-electron chi connectivity index (χ3n) is 0.865. The van der Waals surface area contributed by atoms with Crippen LogP contribution < -0.4 is 5.73 Å². The average molecular weight is 157 g/mol. The van der Waals surface area contributed by atoms with Gasteiger partial charge in [0.15, 0.2) is 0 Å². The summed E-state index contributed by atoms with van der Waals surface area (Å²) in [7, 11) is 0.